The number of carbonyl (C=O) groups is 2. The van der Waals surface area contributed by atoms with Crippen molar-refractivity contribution in [2.24, 2.45) is 0 Å². The van der Waals surface area contributed by atoms with E-state index in [0.29, 0.717) is 9.90 Å². The van der Waals surface area contributed by atoms with Crippen molar-refractivity contribution in [3.8, 4) is 0 Å². The highest BCUT2D eigenvalue weighted by Crippen LogP contribution is 2.34. The summed E-state index contributed by atoms with van der Waals surface area (Å²) in [6.45, 7) is 3.77. The van der Waals surface area contributed by atoms with Crippen LogP contribution in [0.4, 0.5) is 5.69 Å². The maximum atomic E-state index is 12.3. The second-order valence-electron chi connectivity index (χ2n) is 5.79. The molecule has 2 N–H and O–H groups in total. The number of anilines is 1. The van der Waals surface area contributed by atoms with Crippen LogP contribution in [0.3, 0.4) is 0 Å². The molecule has 3 rings (SSSR count). The number of hydrogen-bond acceptors (Lipinski definition) is 3. The highest BCUT2D eigenvalue weighted by atomic mass is 35.5. The van der Waals surface area contributed by atoms with Gasteiger partial charge in [-0.2, -0.15) is 0 Å². The van der Waals surface area contributed by atoms with Gasteiger partial charge in [0.1, 0.15) is 4.88 Å². The van der Waals surface area contributed by atoms with E-state index >= 15 is 0 Å². The van der Waals surface area contributed by atoms with Gasteiger partial charge in [0.15, 0.2) is 0 Å². The van der Waals surface area contributed by atoms with Crippen LogP contribution >= 0.6 is 22.9 Å². The summed E-state index contributed by atoms with van der Waals surface area (Å²) in [5.41, 5.74) is 2.78. The summed E-state index contributed by atoms with van der Waals surface area (Å²) in [4.78, 5) is 24.9. The molecule has 2 amide bonds. The van der Waals surface area contributed by atoms with Gasteiger partial charge in [-0.15, -0.1) is 11.3 Å². The summed E-state index contributed by atoms with van der Waals surface area (Å²) < 4.78 is 0.942. The molecule has 2 aromatic carbocycles. The molecule has 6 heteroatoms. The van der Waals surface area contributed by atoms with Gasteiger partial charge in [0.2, 0.25) is 5.91 Å². The van der Waals surface area contributed by atoms with Crippen molar-refractivity contribution < 1.29 is 9.59 Å². The first-order chi connectivity index (χ1) is 12.0. The van der Waals surface area contributed by atoms with Crippen molar-refractivity contribution in [1.82, 2.24) is 5.32 Å². The van der Waals surface area contributed by atoms with Crippen LogP contribution in [0.5, 0.6) is 0 Å². The fourth-order valence-corrected chi connectivity index (χ4v) is 3.90. The molecule has 0 bridgehead atoms. The minimum absolute atomic E-state index is 0.114. The maximum Gasteiger partial charge on any atom is 0.263 e. The highest BCUT2D eigenvalue weighted by molar-refractivity contribution is 7.21. The normalized spacial score (nSPS) is 10.7. The molecule has 1 aromatic heterocycles. The van der Waals surface area contributed by atoms with Crippen LogP contribution in [0.2, 0.25) is 5.02 Å². The van der Waals surface area contributed by atoms with Gasteiger partial charge >= 0.3 is 0 Å². The third-order valence-electron chi connectivity index (χ3n) is 3.82. The molecular weight excluding hydrogens is 356 g/mol. The molecule has 1 heterocycles. The number of benzene rings is 2. The van der Waals surface area contributed by atoms with Gasteiger partial charge in [-0.1, -0.05) is 41.9 Å². The van der Waals surface area contributed by atoms with E-state index in [0.717, 1.165) is 26.9 Å². The Balaban J connectivity index is 1.66. The Morgan fingerprint density at radius 1 is 1.12 bits per heavy atom. The Morgan fingerprint density at radius 3 is 2.64 bits per heavy atom. The van der Waals surface area contributed by atoms with E-state index in [1.54, 1.807) is 0 Å². The van der Waals surface area contributed by atoms with E-state index in [1.807, 2.05) is 56.3 Å². The topological polar surface area (TPSA) is 58.2 Å². The van der Waals surface area contributed by atoms with Crippen LogP contribution in [-0.2, 0) is 4.79 Å². The van der Waals surface area contributed by atoms with Gasteiger partial charge in [0.05, 0.1) is 11.6 Å². The standard InChI is InChI=1S/C19H17ClN2O2S/c1-11-7-8-12(2)14(9-11)22-16(23)10-21-19(24)18-17(20)13-5-3-4-6-15(13)25-18/h3-9H,10H2,1-2H3,(H,21,24)(H,22,23). The molecule has 0 aliphatic rings. The molecule has 4 nitrogen and oxygen atoms in total. The van der Waals surface area contributed by atoms with Gasteiger partial charge in [0, 0.05) is 15.8 Å². The van der Waals surface area contributed by atoms with Gasteiger partial charge < -0.3 is 10.6 Å². The minimum atomic E-state index is -0.345. The Labute approximate surface area is 154 Å². The number of halogens is 1. The summed E-state index contributed by atoms with van der Waals surface area (Å²) in [7, 11) is 0. The van der Waals surface area contributed by atoms with Crippen molar-refractivity contribution in [1.29, 1.82) is 0 Å². The number of hydrogen-bond donors (Lipinski definition) is 2. The van der Waals surface area contributed by atoms with E-state index in [2.05, 4.69) is 10.6 Å². The average molecular weight is 373 g/mol. The van der Waals surface area contributed by atoms with Crippen LogP contribution in [0, 0.1) is 13.8 Å². The SMILES string of the molecule is Cc1ccc(C)c(NC(=O)CNC(=O)c2sc3ccccc3c2Cl)c1. The third-order valence-corrected chi connectivity index (χ3v) is 5.49. The lowest BCUT2D eigenvalue weighted by molar-refractivity contribution is -0.115. The number of carbonyl (C=O) groups excluding carboxylic acids is 2. The number of amides is 2. The first kappa shape index (κ1) is 17.5. The molecular formula is C19H17ClN2O2S. The molecule has 0 unspecified atom stereocenters. The Bertz CT molecular complexity index is 965. The lowest BCUT2D eigenvalue weighted by Crippen LogP contribution is -2.32. The second-order valence-corrected chi connectivity index (χ2v) is 7.22. The summed E-state index contributed by atoms with van der Waals surface area (Å²) in [5.74, 6) is -0.624. The van der Waals surface area contributed by atoms with Gasteiger partial charge in [0.25, 0.3) is 5.91 Å². The van der Waals surface area contributed by atoms with Crippen LogP contribution in [0.25, 0.3) is 10.1 Å². The van der Waals surface area contributed by atoms with Crippen molar-refractivity contribution in [2.75, 3.05) is 11.9 Å². The number of fused-ring (bicyclic) bond motifs is 1. The quantitative estimate of drug-likeness (QED) is 0.706. The van der Waals surface area contributed by atoms with Crippen LogP contribution in [0.1, 0.15) is 20.8 Å². The first-order valence-corrected chi connectivity index (χ1v) is 8.97. The highest BCUT2D eigenvalue weighted by Gasteiger charge is 2.17. The molecule has 25 heavy (non-hydrogen) atoms. The Hall–Kier alpha value is -2.37. The van der Waals surface area contributed by atoms with Crippen LogP contribution in [0.15, 0.2) is 42.5 Å². The number of aryl methyl sites for hydroxylation is 2. The fraction of sp³-hybridized carbons (Fsp3) is 0.158. The van der Waals surface area contributed by atoms with Crippen molar-refractivity contribution in [3.63, 3.8) is 0 Å². The number of nitrogens with one attached hydrogen (secondary N) is 2. The van der Waals surface area contributed by atoms with E-state index < -0.39 is 0 Å². The predicted molar refractivity (Wildman–Crippen MR) is 104 cm³/mol. The second kappa shape index (κ2) is 7.25. The number of rotatable bonds is 4. The molecule has 0 fully saturated rings. The van der Waals surface area contributed by atoms with Crippen LogP contribution in [-0.4, -0.2) is 18.4 Å². The fourth-order valence-electron chi connectivity index (χ4n) is 2.47. The molecule has 128 valence electrons. The minimum Gasteiger partial charge on any atom is -0.342 e. The Kier molecular flexibility index (Phi) is 5.06. The molecule has 3 aromatic rings. The number of thiophene rings is 1. The average Bonchev–Trinajstić information content (AvgIpc) is 2.93. The maximum absolute atomic E-state index is 12.3. The van der Waals surface area contributed by atoms with Gasteiger partial charge in [-0.25, -0.2) is 0 Å². The monoisotopic (exact) mass is 372 g/mol. The zero-order valence-electron chi connectivity index (χ0n) is 13.9. The van der Waals surface area contributed by atoms with Crippen molar-refractivity contribution in [3.05, 3.63) is 63.5 Å². The summed E-state index contributed by atoms with van der Waals surface area (Å²) in [6.07, 6.45) is 0. The third kappa shape index (κ3) is 3.83. The molecule has 0 aliphatic heterocycles. The largest absolute Gasteiger partial charge is 0.342 e. The van der Waals surface area contributed by atoms with Crippen molar-refractivity contribution >= 4 is 50.5 Å². The lowest BCUT2D eigenvalue weighted by atomic mass is 10.1. The summed E-state index contributed by atoms with van der Waals surface area (Å²) in [6, 6.07) is 13.4. The van der Waals surface area contributed by atoms with Gasteiger partial charge in [-0.3, -0.25) is 9.59 Å². The van der Waals surface area contributed by atoms with Gasteiger partial charge in [-0.05, 0) is 37.1 Å². The summed E-state index contributed by atoms with van der Waals surface area (Å²) >= 11 is 7.60. The zero-order valence-corrected chi connectivity index (χ0v) is 15.4. The molecule has 0 saturated carbocycles. The predicted octanol–water partition coefficient (Wildman–Crippen LogP) is 4.54. The molecule has 0 spiro atoms. The lowest BCUT2D eigenvalue weighted by Gasteiger charge is -2.10. The van der Waals surface area contributed by atoms with E-state index in [9.17, 15) is 9.59 Å². The van der Waals surface area contributed by atoms with E-state index in [-0.39, 0.29) is 18.4 Å². The van der Waals surface area contributed by atoms with Crippen molar-refractivity contribution in [2.45, 2.75) is 13.8 Å². The van der Waals surface area contributed by atoms with E-state index in [4.69, 9.17) is 11.6 Å². The zero-order chi connectivity index (χ0) is 18.0. The molecule has 0 radical (unpaired) electrons. The smallest absolute Gasteiger partial charge is 0.263 e. The van der Waals surface area contributed by atoms with E-state index in [1.165, 1.54) is 11.3 Å². The molecule has 0 atom stereocenters. The molecule has 0 aliphatic carbocycles. The molecule has 0 saturated heterocycles. The summed E-state index contributed by atoms with van der Waals surface area (Å²) in [5, 5.41) is 6.72. The Morgan fingerprint density at radius 2 is 1.88 bits per heavy atom. The first-order valence-electron chi connectivity index (χ1n) is 7.78. The van der Waals surface area contributed by atoms with Crippen LogP contribution < -0.4 is 10.6 Å².